The lowest BCUT2D eigenvalue weighted by atomic mass is 10.0. The summed E-state index contributed by atoms with van der Waals surface area (Å²) in [6, 6.07) is 10.2. The molecule has 0 radical (unpaired) electrons. The first-order valence-electron chi connectivity index (χ1n) is 10.6. The van der Waals surface area contributed by atoms with Crippen molar-refractivity contribution in [2.75, 3.05) is 13.2 Å². The van der Waals surface area contributed by atoms with Gasteiger partial charge in [0, 0.05) is 28.7 Å². The molecule has 0 aliphatic heterocycles. The summed E-state index contributed by atoms with van der Waals surface area (Å²) in [5, 5.41) is 3.70. The Balaban J connectivity index is 2.22. The van der Waals surface area contributed by atoms with Gasteiger partial charge in [0.2, 0.25) is 5.91 Å². The highest BCUT2D eigenvalue weighted by molar-refractivity contribution is 9.10. The van der Waals surface area contributed by atoms with E-state index in [0.29, 0.717) is 33.8 Å². The van der Waals surface area contributed by atoms with Crippen LogP contribution in [0.25, 0.3) is 0 Å². The van der Waals surface area contributed by atoms with Crippen LogP contribution in [0.3, 0.4) is 0 Å². The Morgan fingerprint density at radius 2 is 1.78 bits per heavy atom. The van der Waals surface area contributed by atoms with Gasteiger partial charge < -0.3 is 15.0 Å². The van der Waals surface area contributed by atoms with Crippen LogP contribution in [0.5, 0.6) is 5.75 Å². The van der Waals surface area contributed by atoms with Gasteiger partial charge in [-0.3, -0.25) is 9.59 Å². The summed E-state index contributed by atoms with van der Waals surface area (Å²) in [6.45, 7) is 8.25. The van der Waals surface area contributed by atoms with Gasteiger partial charge in [0.25, 0.3) is 5.91 Å². The van der Waals surface area contributed by atoms with Crippen molar-refractivity contribution in [2.45, 2.75) is 52.6 Å². The quantitative estimate of drug-likeness (QED) is 0.388. The van der Waals surface area contributed by atoms with E-state index in [1.165, 1.54) is 4.90 Å². The van der Waals surface area contributed by atoms with Crippen LogP contribution in [0.2, 0.25) is 10.0 Å². The molecule has 2 rings (SSSR count). The Kier molecular flexibility index (Phi) is 10.3. The number of hydrogen-bond donors (Lipinski definition) is 1. The topological polar surface area (TPSA) is 58.6 Å². The van der Waals surface area contributed by atoms with E-state index in [2.05, 4.69) is 35.1 Å². The van der Waals surface area contributed by atoms with E-state index in [4.69, 9.17) is 27.9 Å². The third-order valence-electron chi connectivity index (χ3n) is 5.08. The molecule has 0 aliphatic carbocycles. The minimum atomic E-state index is -0.725. The third kappa shape index (κ3) is 7.12. The number of carbonyl (C=O) groups is 2. The van der Waals surface area contributed by atoms with E-state index in [0.717, 1.165) is 16.5 Å². The second-order valence-electron chi connectivity index (χ2n) is 7.82. The zero-order valence-corrected chi connectivity index (χ0v) is 21.9. The molecule has 32 heavy (non-hydrogen) atoms. The van der Waals surface area contributed by atoms with E-state index in [1.807, 2.05) is 25.1 Å². The van der Waals surface area contributed by atoms with E-state index in [-0.39, 0.29) is 25.0 Å². The summed E-state index contributed by atoms with van der Waals surface area (Å²) >= 11 is 16.1. The predicted octanol–water partition coefficient (Wildman–Crippen LogP) is 6.20. The first-order chi connectivity index (χ1) is 15.1. The highest BCUT2D eigenvalue weighted by Gasteiger charge is 2.27. The number of amides is 2. The van der Waals surface area contributed by atoms with Gasteiger partial charge >= 0.3 is 0 Å². The number of benzene rings is 2. The molecule has 0 unspecified atom stereocenters. The van der Waals surface area contributed by atoms with Crippen molar-refractivity contribution in [3.63, 3.8) is 0 Å². The van der Waals surface area contributed by atoms with Crippen molar-refractivity contribution in [1.82, 2.24) is 10.2 Å². The van der Waals surface area contributed by atoms with Gasteiger partial charge in [-0.05, 0) is 65.0 Å². The molecule has 2 aromatic rings. The Labute approximate surface area is 208 Å². The van der Waals surface area contributed by atoms with Crippen LogP contribution in [-0.4, -0.2) is 35.9 Å². The summed E-state index contributed by atoms with van der Waals surface area (Å²) < 4.78 is 6.56. The summed E-state index contributed by atoms with van der Waals surface area (Å²) in [4.78, 5) is 27.2. The Bertz CT molecular complexity index is 933. The van der Waals surface area contributed by atoms with Crippen LogP contribution in [0.15, 0.2) is 40.9 Å². The minimum absolute atomic E-state index is 0.0921. The van der Waals surface area contributed by atoms with Crippen molar-refractivity contribution in [3.8, 4) is 5.75 Å². The van der Waals surface area contributed by atoms with Crippen LogP contribution in [0, 0.1) is 0 Å². The molecule has 0 spiro atoms. The molecule has 8 heteroatoms. The standard InChI is InChI=1S/C24H29BrCl2N2O3/c1-5-11-28-24(31)16(4)29(13-18-20(26)7-6-8-21(18)27)23(30)14-32-22-10-9-17(15(2)3)12-19(22)25/h6-10,12,15-16H,5,11,13-14H2,1-4H3,(H,28,31)/t16-/m0/s1. The SMILES string of the molecule is CCCNC(=O)[C@H](C)N(Cc1c(Cl)cccc1Cl)C(=O)COc1ccc(C(C)C)cc1Br. The van der Waals surface area contributed by atoms with Crippen LogP contribution < -0.4 is 10.1 Å². The molecule has 0 saturated heterocycles. The summed E-state index contributed by atoms with van der Waals surface area (Å²) in [6.07, 6.45) is 0.798. The second kappa shape index (κ2) is 12.5. The van der Waals surface area contributed by atoms with Crippen LogP contribution in [-0.2, 0) is 16.1 Å². The zero-order valence-electron chi connectivity index (χ0n) is 18.8. The fraction of sp³-hybridized carbons (Fsp3) is 0.417. The highest BCUT2D eigenvalue weighted by atomic mass is 79.9. The first kappa shape index (κ1) is 26.5. The lowest BCUT2D eigenvalue weighted by Gasteiger charge is -2.29. The number of rotatable bonds is 10. The normalized spacial score (nSPS) is 11.9. The Morgan fingerprint density at radius 1 is 1.12 bits per heavy atom. The Morgan fingerprint density at radius 3 is 2.34 bits per heavy atom. The first-order valence-corrected chi connectivity index (χ1v) is 12.1. The highest BCUT2D eigenvalue weighted by Crippen LogP contribution is 2.30. The van der Waals surface area contributed by atoms with E-state index >= 15 is 0 Å². The number of ether oxygens (including phenoxy) is 1. The molecule has 0 heterocycles. The van der Waals surface area contributed by atoms with Crippen LogP contribution >= 0.6 is 39.1 Å². The molecule has 0 bridgehead atoms. The molecule has 0 saturated carbocycles. The van der Waals surface area contributed by atoms with Gasteiger partial charge in [-0.25, -0.2) is 0 Å². The second-order valence-corrected chi connectivity index (χ2v) is 9.49. The number of halogens is 3. The van der Waals surface area contributed by atoms with Crippen LogP contribution in [0.4, 0.5) is 0 Å². The molecule has 1 atom stereocenters. The van der Waals surface area contributed by atoms with Crippen molar-refractivity contribution < 1.29 is 14.3 Å². The maximum atomic E-state index is 13.2. The maximum absolute atomic E-state index is 13.2. The molecule has 1 N–H and O–H groups in total. The molecule has 0 aromatic heterocycles. The smallest absolute Gasteiger partial charge is 0.261 e. The van der Waals surface area contributed by atoms with Gasteiger partial charge in [0.05, 0.1) is 4.47 Å². The fourth-order valence-corrected chi connectivity index (χ4v) is 4.08. The third-order valence-corrected chi connectivity index (χ3v) is 6.41. The van der Waals surface area contributed by atoms with Gasteiger partial charge in [-0.1, -0.05) is 56.1 Å². The molecule has 174 valence electrons. The van der Waals surface area contributed by atoms with Crippen molar-refractivity contribution in [3.05, 3.63) is 62.0 Å². The lowest BCUT2D eigenvalue weighted by Crippen LogP contribution is -2.49. The molecule has 5 nitrogen and oxygen atoms in total. The molecule has 2 amide bonds. The zero-order chi connectivity index (χ0) is 23.8. The molecule has 2 aromatic carbocycles. The van der Waals surface area contributed by atoms with E-state index in [9.17, 15) is 9.59 Å². The Hall–Kier alpha value is -1.76. The average molecular weight is 544 g/mol. The molecular weight excluding hydrogens is 515 g/mol. The van der Waals surface area contributed by atoms with E-state index in [1.54, 1.807) is 25.1 Å². The lowest BCUT2D eigenvalue weighted by molar-refractivity contribution is -0.142. The number of carbonyl (C=O) groups excluding carboxylic acids is 2. The van der Waals surface area contributed by atoms with E-state index < -0.39 is 6.04 Å². The van der Waals surface area contributed by atoms with Crippen molar-refractivity contribution >= 4 is 50.9 Å². The summed E-state index contributed by atoms with van der Waals surface area (Å²) in [5.74, 6) is 0.340. The van der Waals surface area contributed by atoms with Gasteiger partial charge in [-0.2, -0.15) is 0 Å². The van der Waals surface area contributed by atoms with Crippen molar-refractivity contribution in [1.29, 1.82) is 0 Å². The fourth-order valence-electron chi connectivity index (χ4n) is 3.05. The molecule has 0 aliphatic rings. The van der Waals surface area contributed by atoms with Crippen molar-refractivity contribution in [2.24, 2.45) is 0 Å². The number of nitrogens with one attached hydrogen (secondary N) is 1. The average Bonchev–Trinajstić information content (AvgIpc) is 2.75. The van der Waals surface area contributed by atoms with Gasteiger partial charge in [0.15, 0.2) is 6.61 Å². The summed E-state index contributed by atoms with van der Waals surface area (Å²) in [5.41, 5.74) is 1.74. The van der Waals surface area contributed by atoms with Crippen LogP contribution in [0.1, 0.15) is 51.2 Å². The number of nitrogens with zero attached hydrogens (tertiary/aromatic N) is 1. The van der Waals surface area contributed by atoms with Gasteiger partial charge in [0.1, 0.15) is 11.8 Å². The monoisotopic (exact) mass is 542 g/mol. The largest absolute Gasteiger partial charge is 0.483 e. The molecule has 0 fully saturated rings. The maximum Gasteiger partial charge on any atom is 0.261 e. The molecular formula is C24H29BrCl2N2O3. The number of hydrogen-bond acceptors (Lipinski definition) is 3. The summed E-state index contributed by atoms with van der Waals surface area (Å²) in [7, 11) is 0. The predicted molar refractivity (Wildman–Crippen MR) is 134 cm³/mol. The minimum Gasteiger partial charge on any atom is -0.483 e. The van der Waals surface area contributed by atoms with Gasteiger partial charge in [-0.15, -0.1) is 0 Å².